The summed E-state index contributed by atoms with van der Waals surface area (Å²) < 4.78 is 0. The standard InChI is InChI=1S/C16H22O/c1-4-6-12-15(17)16(13(3)5-2)14-10-8-7-9-11-14/h4,7-11,13,16H,1,5-6,12H2,2-3H3. The molecule has 0 saturated heterocycles. The first-order chi connectivity index (χ1) is 8.20. The Morgan fingerprint density at radius 1 is 1.35 bits per heavy atom. The molecule has 0 heterocycles. The molecule has 92 valence electrons. The van der Waals surface area contributed by atoms with Gasteiger partial charge in [0.05, 0.1) is 0 Å². The van der Waals surface area contributed by atoms with Crippen LogP contribution in [0.5, 0.6) is 0 Å². The van der Waals surface area contributed by atoms with Crippen molar-refractivity contribution in [1.29, 1.82) is 0 Å². The number of allylic oxidation sites excluding steroid dienone is 1. The number of carbonyl (C=O) groups excluding carboxylic acids is 1. The van der Waals surface area contributed by atoms with Crippen molar-refractivity contribution in [1.82, 2.24) is 0 Å². The molecule has 1 heteroatoms. The Labute approximate surface area is 105 Å². The van der Waals surface area contributed by atoms with E-state index in [2.05, 4.69) is 32.6 Å². The Morgan fingerprint density at radius 3 is 2.53 bits per heavy atom. The van der Waals surface area contributed by atoms with Crippen LogP contribution in [0.1, 0.15) is 44.6 Å². The molecule has 1 aromatic rings. The maximum atomic E-state index is 12.3. The Bertz CT molecular complexity index is 353. The maximum absolute atomic E-state index is 12.3. The molecular weight excluding hydrogens is 208 g/mol. The minimum Gasteiger partial charge on any atom is -0.299 e. The molecular formula is C16H22O. The minimum atomic E-state index is 0.0427. The van der Waals surface area contributed by atoms with E-state index >= 15 is 0 Å². The minimum absolute atomic E-state index is 0.0427. The van der Waals surface area contributed by atoms with Crippen molar-refractivity contribution in [3.8, 4) is 0 Å². The second-order valence-corrected chi connectivity index (χ2v) is 4.57. The molecule has 0 bridgehead atoms. The van der Waals surface area contributed by atoms with Crippen LogP contribution in [0.25, 0.3) is 0 Å². The Morgan fingerprint density at radius 2 is 2.00 bits per heavy atom. The molecule has 17 heavy (non-hydrogen) atoms. The molecule has 0 saturated carbocycles. The van der Waals surface area contributed by atoms with Crippen LogP contribution < -0.4 is 0 Å². The fourth-order valence-corrected chi connectivity index (χ4v) is 2.13. The van der Waals surface area contributed by atoms with Gasteiger partial charge in [0, 0.05) is 12.3 Å². The number of Topliss-reactive ketones (excluding diaryl/α,β-unsaturated/α-hetero) is 1. The van der Waals surface area contributed by atoms with Gasteiger partial charge in [-0.05, 0) is 17.9 Å². The zero-order valence-corrected chi connectivity index (χ0v) is 10.9. The van der Waals surface area contributed by atoms with Crippen molar-refractivity contribution in [2.45, 2.75) is 39.0 Å². The van der Waals surface area contributed by atoms with Crippen LogP contribution in [-0.4, -0.2) is 5.78 Å². The highest BCUT2D eigenvalue weighted by Crippen LogP contribution is 2.29. The fraction of sp³-hybridized carbons (Fsp3) is 0.438. The van der Waals surface area contributed by atoms with Crippen molar-refractivity contribution >= 4 is 5.78 Å². The molecule has 0 aliphatic heterocycles. The van der Waals surface area contributed by atoms with Gasteiger partial charge in [-0.15, -0.1) is 6.58 Å². The summed E-state index contributed by atoms with van der Waals surface area (Å²) in [7, 11) is 0. The number of benzene rings is 1. The average molecular weight is 230 g/mol. The lowest BCUT2D eigenvalue weighted by Crippen LogP contribution is -2.19. The van der Waals surface area contributed by atoms with Crippen LogP contribution in [0.3, 0.4) is 0 Å². The third-order valence-electron chi connectivity index (χ3n) is 3.31. The van der Waals surface area contributed by atoms with E-state index < -0.39 is 0 Å². The summed E-state index contributed by atoms with van der Waals surface area (Å²) in [5.74, 6) is 0.779. The topological polar surface area (TPSA) is 17.1 Å². The van der Waals surface area contributed by atoms with Crippen molar-refractivity contribution in [2.75, 3.05) is 0 Å². The third kappa shape index (κ3) is 3.85. The van der Waals surface area contributed by atoms with Gasteiger partial charge in [0.2, 0.25) is 0 Å². The molecule has 1 rings (SSSR count). The second-order valence-electron chi connectivity index (χ2n) is 4.57. The first-order valence-corrected chi connectivity index (χ1v) is 6.39. The molecule has 0 aliphatic rings. The van der Waals surface area contributed by atoms with Crippen molar-refractivity contribution in [3.05, 3.63) is 48.6 Å². The summed E-state index contributed by atoms with van der Waals surface area (Å²) in [6.45, 7) is 7.97. The lowest BCUT2D eigenvalue weighted by Gasteiger charge is -2.22. The van der Waals surface area contributed by atoms with Crippen molar-refractivity contribution in [3.63, 3.8) is 0 Å². The highest BCUT2D eigenvalue weighted by atomic mass is 16.1. The predicted molar refractivity (Wildman–Crippen MR) is 73.1 cm³/mol. The number of hydrogen-bond donors (Lipinski definition) is 0. The molecule has 2 unspecified atom stereocenters. The number of hydrogen-bond acceptors (Lipinski definition) is 1. The van der Waals surface area contributed by atoms with Crippen LogP contribution >= 0.6 is 0 Å². The maximum Gasteiger partial charge on any atom is 0.140 e. The monoisotopic (exact) mass is 230 g/mol. The van der Waals surface area contributed by atoms with E-state index in [1.165, 1.54) is 0 Å². The quantitative estimate of drug-likeness (QED) is 0.636. The molecule has 1 nitrogen and oxygen atoms in total. The van der Waals surface area contributed by atoms with Gasteiger partial charge in [0.1, 0.15) is 5.78 Å². The largest absolute Gasteiger partial charge is 0.299 e. The molecule has 0 N–H and O–H groups in total. The van der Waals surface area contributed by atoms with Crippen LogP contribution in [0, 0.1) is 5.92 Å². The van der Waals surface area contributed by atoms with Gasteiger partial charge in [-0.3, -0.25) is 4.79 Å². The number of carbonyl (C=O) groups is 1. The van der Waals surface area contributed by atoms with Gasteiger partial charge < -0.3 is 0 Å². The van der Waals surface area contributed by atoms with E-state index in [1.54, 1.807) is 0 Å². The smallest absolute Gasteiger partial charge is 0.140 e. The summed E-state index contributed by atoms with van der Waals surface area (Å²) in [4.78, 5) is 12.3. The normalized spacial score (nSPS) is 14.0. The first-order valence-electron chi connectivity index (χ1n) is 6.39. The molecule has 0 spiro atoms. The molecule has 2 atom stereocenters. The van der Waals surface area contributed by atoms with Gasteiger partial charge in [-0.1, -0.05) is 56.7 Å². The van der Waals surface area contributed by atoms with E-state index in [1.807, 2.05) is 24.3 Å². The van der Waals surface area contributed by atoms with E-state index in [4.69, 9.17) is 0 Å². The van der Waals surface area contributed by atoms with Crippen LogP contribution in [0.2, 0.25) is 0 Å². The van der Waals surface area contributed by atoms with Crippen LogP contribution in [-0.2, 0) is 4.79 Å². The molecule has 0 aliphatic carbocycles. The SMILES string of the molecule is C=CCCC(=O)C(c1ccccc1)C(C)CC. The number of rotatable bonds is 7. The molecule has 0 fully saturated rings. The average Bonchev–Trinajstić information content (AvgIpc) is 2.37. The first kappa shape index (κ1) is 13.7. The lowest BCUT2D eigenvalue weighted by molar-refractivity contribution is -0.121. The summed E-state index contributed by atoms with van der Waals surface area (Å²) >= 11 is 0. The highest BCUT2D eigenvalue weighted by Gasteiger charge is 2.24. The van der Waals surface area contributed by atoms with E-state index in [-0.39, 0.29) is 5.92 Å². The second kappa shape index (κ2) is 7.05. The summed E-state index contributed by atoms with van der Waals surface area (Å²) in [5.41, 5.74) is 1.15. The van der Waals surface area contributed by atoms with E-state index in [9.17, 15) is 4.79 Å². The molecule has 1 aromatic carbocycles. The van der Waals surface area contributed by atoms with Crippen molar-refractivity contribution in [2.24, 2.45) is 5.92 Å². The van der Waals surface area contributed by atoms with Crippen LogP contribution in [0.15, 0.2) is 43.0 Å². The highest BCUT2D eigenvalue weighted by molar-refractivity contribution is 5.86. The zero-order valence-electron chi connectivity index (χ0n) is 10.9. The van der Waals surface area contributed by atoms with E-state index in [0.29, 0.717) is 18.1 Å². The number of ketones is 1. The molecule has 0 radical (unpaired) electrons. The van der Waals surface area contributed by atoms with Crippen molar-refractivity contribution < 1.29 is 4.79 Å². The van der Waals surface area contributed by atoms with Gasteiger partial charge in [-0.2, -0.15) is 0 Å². The van der Waals surface area contributed by atoms with Gasteiger partial charge in [0.25, 0.3) is 0 Å². The predicted octanol–water partition coefficient (Wildman–Crippen LogP) is 4.35. The Hall–Kier alpha value is -1.37. The fourth-order valence-electron chi connectivity index (χ4n) is 2.13. The van der Waals surface area contributed by atoms with Gasteiger partial charge in [-0.25, -0.2) is 0 Å². The van der Waals surface area contributed by atoms with E-state index in [0.717, 1.165) is 18.4 Å². The lowest BCUT2D eigenvalue weighted by atomic mass is 9.81. The summed E-state index contributed by atoms with van der Waals surface area (Å²) in [5, 5.41) is 0. The van der Waals surface area contributed by atoms with Crippen LogP contribution in [0.4, 0.5) is 0 Å². The molecule has 0 amide bonds. The van der Waals surface area contributed by atoms with Gasteiger partial charge >= 0.3 is 0 Å². The Kier molecular flexibility index (Phi) is 5.68. The third-order valence-corrected chi connectivity index (χ3v) is 3.31. The summed E-state index contributed by atoms with van der Waals surface area (Å²) in [6.07, 6.45) is 4.22. The van der Waals surface area contributed by atoms with Gasteiger partial charge in [0.15, 0.2) is 0 Å². The molecule has 0 aromatic heterocycles. The zero-order chi connectivity index (χ0) is 12.7. The summed E-state index contributed by atoms with van der Waals surface area (Å²) in [6, 6.07) is 10.1. The Balaban J connectivity index is 2.88.